The van der Waals surface area contributed by atoms with Gasteiger partial charge in [0.1, 0.15) is 0 Å². The van der Waals surface area contributed by atoms with E-state index in [0.717, 1.165) is 11.1 Å². The summed E-state index contributed by atoms with van der Waals surface area (Å²) < 4.78 is 29.4. The van der Waals surface area contributed by atoms with Crippen molar-refractivity contribution in [3.05, 3.63) is 66.9 Å². The molecule has 6 heteroatoms. The maximum Gasteiger partial charge on any atom is 0.263 e. The van der Waals surface area contributed by atoms with E-state index in [0.29, 0.717) is 12.4 Å². The number of hydrogen-bond donors (Lipinski definition) is 1. The van der Waals surface area contributed by atoms with Crippen LogP contribution in [0.3, 0.4) is 0 Å². The molecule has 0 spiro atoms. The molecule has 118 valence electrons. The van der Waals surface area contributed by atoms with E-state index < -0.39 is 10.0 Å². The molecule has 0 atom stereocenters. The molecule has 2 aromatic carbocycles. The van der Waals surface area contributed by atoms with E-state index in [9.17, 15) is 8.42 Å². The van der Waals surface area contributed by atoms with Gasteiger partial charge in [-0.25, -0.2) is 8.42 Å². The zero-order chi connectivity index (χ0) is 16.3. The predicted molar refractivity (Wildman–Crippen MR) is 90.6 cm³/mol. The summed E-state index contributed by atoms with van der Waals surface area (Å²) in [5, 5.41) is 4.34. The molecule has 0 saturated heterocycles. The molecule has 0 aliphatic rings. The quantitative estimate of drug-likeness (QED) is 0.781. The summed E-state index contributed by atoms with van der Waals surface area (Å²) in [6.07, 6.45) is 1.85. The molecule has 1 aromatic heterocycles. The van der Waals surface area contributed by atoms with E-state index in [1.807, 2.05) is 43.5 Å². The van der Waals surface area contributed by atoms with Crippen molar-refractivity contribution in [2.24, 2.45) is 0 Å². The van der Waals surface area contributed by atoms with Crippen molar-refractivity contribution in [3.8, 4) is 11.1 Å². The topological polar surface area (TPSA) is 64.0 Å². The SMILES string of the molecule is CCn1cc(-c2ccccc2)c(NS(=O)(=O)c2ccccc2)n1. The first-order valence-corrected chi connectivity index (χ1v) is 8.79. The summed E-state index contributed by atoms with van der Waals surface area (Å²) in [7, 11) is -3.66. The minimum atomic E-state index is -3.66. The number of nitrogens with one attached hydrogen (secondary N) is 1. The van der Waals surface area contributed by atoms with E-state index in [1.54, 1.807) is 35.0 Å². The number of aromatic nitrogens is 2. The number of hydrogen-bond acceptors (Lipinski definition) is 3. The van der Waals surface area contributed by atoms with Crippen LogP contribution in [0.2, 0.25) is 0 Å². The molecule has 0 unspecified atom stereocenters. The molecular formula is C17H17N3O2S. The molecule has 0 amide bonds. The third-order valence-electron chi connectivity index (χ3n) is 3.46. The van der Waals surface area contributed by atoms with Crippen molar-refractivity contribution in [1.82, 2.24) is 9.78 Å². The maximum absolute atomic E-state index is 12.5. The van der Waals surface area contributed by atoms with E-state index >= 15 is 0 Å². The van der Waals surface area contributed by atoms with Crippen molar-refractivity contribution >= 4 is 15.8 Å². The Hall–Kier alpha value is -2.60. The normalized spacial score (nSPS) is 11.3. The van der Waals surface area contributed by atoms with Crippen LogP contribution in [-0.4, -0.2) is 18.2 Å². The fourth-order valence-electron chi connectivity index (χ4n) is 2.27. The average molecular weight is 327 g/mol. The lowest BCUT2D eigenvalue weighted by molar-refractivity contribution is 0.600. The highest BCUT2D eigenvalue weighted by Gasteiger charge is 2.19. The smallest absolute Gasteiger partial charge is 0.263 e. The minimum Gasteiger partial charge on any atom is -0.270 e. The lowest BCUT2D eigenvalue weighted by Gasteiger charge is -2.07. The largest absolute Gasteiger partial charge is 0.270 e. The fourth-order valence-corrected chi connectivity index (χ4v) is 3.31. The second kappa shape index (κ2) is 6.26. The van der Waals surface area contributed by atoms with Crippen LogP contribution >= 0.6 is 0 Å². The van der Waals surface area contributed by atoms with Crippen LogP contribution in [0.25, 0.3) is 11.1 Å². The predicted octanol–water partition coefficient (Wildman–Crippen LogP) is 3.37. The Morgan fingerprint density at radius 3 is 2.22 bits per heavy atom. The molecule has 5 nitrogen and oxygen atoms in total. The lowest BCUT2D eigenvalue weighted by Crippen LogP contribution is -2.14. The summed E-state index contributed by atoms with van der Waals surface area (Å²) >= 11 is 0. The summed E-state index contributed by atoms with van der Waals surface area (Å²) in [6.45, 7) is 2.62. The van der Waals surface area contributed by atoms with E-state index in [1.165, 1.54) is 0 Å². The fraction of sp³-hybridized carbons (Fsp3) is 0.118. The van der Waals surface area contributed by atoms with Gasteiger partial charge < -0.3 is 0 Å². The molecule has 3 aromatic rings. The maximum atomic E-state index is 12.5. The van der Waals surface area contributed by atoms with Gasteiger partial charge in [-0.2, -0.15) is 5.10 Å². The Balaban J connectivity index is 2.02. The molecule has 1 N–H and O–H groups in total. The molecule has 0 aliphatic heterocycles. The summed E-state index contributed by atoms with van der Waals surface area (Å²) in [6, 6.07) is 17.9. The van der Waals surface area contributed by atoms with Crippen LogP contribution in [-0.2, 0) is 16.6 Å². The molecule has 23 heavy (non-hydrogen) atoms. The van der Waals surface area contributed by atoms with E-state index in [-0.39, 0.29) is 4.90 Å². The van der Waals surface area contributed by atoms with Crippen LogP contribution in [0.1, 0.15) is 6.92 Å². The van der Waals surface area contributed by atoms with Crippen molar-refractivity contribution in [1.29, 1.82) is 0 Å². The molecule has 3 rings (SSSR count). The number of sulfonamides is 1. The first-order valence-electron chi connectivity index (χ1n) is 7.31. The first-order chi connectivity index (χ1) is 11.1. The second-order valence-corrected chi connectivity index (χ2v) is 6.71. The van der Waals surface area contributed by atoms with Gasteiger partial charge in [-0.05, 0) is 24.6 Å². The Labute approximate surface area is 135 Å². The zero-order valence-electron chi connectivity index (χ0n) is 12.7. The highest BCUT2D eigenvalue weighted by atomic mass is 32.2. The Bertz CT molecular complexity index is 888. The molecule has 0 bridgehead atoms. The van der Waals surface area contributed by atoms with Gasteiger partial charge in [0.25, 0.3) is 10.0 Å². The van der Waals surface area contributed by atoms with Crippen LogP contribution in [0, 0.1) is 0 Å². The number of nitrogens with zero attached hydrogens (tertiary/aromatic N) is 2. The molecule has 0 saturated carbocycles. The Morgan fingerprint density at radius 2 is 1.61 bits per heavy atom. The molecule has 0 radical (unpaired) electrons. The van der Waals surface area contributed by atoms with E-state index in [2.05, 4.69) is 9.82 Å². The van der Waals surface area contributed by atoms with Gasteiger partial charge in [0, 0.05) is 18.3 Å². The van der Waals surface area contributed by atoms with Gasteiger partial charge in [0.2, 0.25) is 0 Å². The first kappa shape index (κ1) is 15.3. The van der Waals surface area contributed by atoms with Crippen molar-refractivity contribution in [3.63, 3.8) is 0 Å². The van der Waals surface area contributed by atoms with Crippen molar-refractivity contribution in [2.75, 3.05) is 4.72 Å². The van der Waals surface area contributed by atoms with Gasteiger partial charge in [-0.1, -0.05) is 48.5 Å². The number of rotatable bonds is 5. The monoisotopic (exact) mass is 327 g/mol. The van der Waals surface area contributed by atoms with Crippen LogP contribution in [0.15, 0.2) is 71.8 Å². The van der Waals surface area contributed by atoms with Crippen molar-refractivity contribution in [2.45, 2.75) is 18.4 Å². The summed E-state index contributed by atoms with van der Waals surface area (Å²) in [5.41, 5.74) is 1.67. The molecule has 0 aliphatic carbocycles. The summed E-state index contributed by atoms with van der Waals surface area (Å²) in [5.74, 6) is 0.335. The van der Waals surface area contributed by atoms with Gasteiger partial charge >= 0.3 is 0 Å². The highest BCUT2D eigenvalue weighted by Crippen LogP contribution is 2.28. The third-order valence-corrected chi connectivity index (χ3v) is 4.81. The van der Waals surface area contributed by atoms with E-state index in [4.69, 9.17) is 0 Å². The van der Waals surface area contributed by atoms with Gasteiger partial charge in [0.05, 0.1) is 4.90 Å². The van der Waals surface area contributed by atoms with Crippen LogP contribution in [0.4, 0.5) is 5.82 Å². The highest BCUT2D eigenvalue weighted by molar-refractivity contribution is 7.92. The number of aryl methyl sites for hydroxylation is 1. The van der Waals surface area contributed by atoms with Gasteiger partial charge in [0.15, 0.2) is 5.82 Å². The molecular weight excluding hydrogens is 310 g/mol. The van der Waals surface area contributed by atoms with Crippen LogP contribution < -0.4 is 4.72 Å². The summed E-state index contributed by atoms with van der Waals surface area (Å²) in [4.78, 5) is 0.213. The third kappa shape index (κ3) is 3.27. The lowest BCUT2D eigenvalue weighted by atomic mass is 10.1. The molecule has 1 heterocycles. The molecule has 0 fully saturated rings. The average Bonchev–Trinajstić information content (AvgIpc) is 2.99. The Morgan fingerprint density at radius 1 is 1.00 bits per heavy atom. The second-order valence-electron chi connectivity index (χ2n) is 5.03. The Kier molecular flexibility index (Phi) is 4.16. The minimum absolute atomic E-state index is 0.213. The number of anilines is 1. The van der Waals surface area contributed by atoms with Gasteiger partial charge in [-0.3, -0.25) is 9.40 Å². The van der Waals surface area contributed by atoms with Crippen LogP contribution in [0.5, 0.6) is 0 Å². The number of benzene rings is 2. The standard InChI is InChI=1S/C17H17N3O2S/c1-2-20-13-16(14-9-5-3-6-10-14)17(18-20)19-23(21,22)15-11-7-4-8-12-15/h3-13H,2H2,1H3,(H,18,19). The van der Waals surface area contributed by atoms with Gasteiger partial charge in [-0.15, -0.1) is 0 Å². The zero-order valence-corrected chi connectivity index (χ0v) is 13.5. The van der Waals surface area contributed by atoms with Crippen molar-refractivity contribution < 1.29 is 8.42 Å².